The van der Waals surface area contributed by atoms with Crippen molar-refractivity contribution in [1.82, 2.24) is 10.7 Å². The molecule has 0 radical (unpaired) electrons. The van der Waals surface area contributed by atoms with E-state index < -0.39 is 17.6 Å². The lowest BCUT2D eigenvalue weighted by atomic mass is 10.2. The summed E-state index contributed by atoms with van der Waals surface area (Å²) in [7, 11) is 1.57. The lowest BCUT2D eigenvalue weighted by Crippen LogP contribution is -2.35. The first-order valence-electron chi connectivity index (χ1n) is 7.09. The van der Waals surface area contributed by atoms with Gasteiger partial charge in [0.25, 0.3) is 11.8 Å². The Morgan fingerprint density at radius 1 is 1.17 bits per heavy atom. The van der Waals surface area contributed by atoms with Gasteiger partial charge in [-0.2, -0.15) is 5.10 Å². The molecule has 2 aromatic carbocycles. The number of carbonyl (C=O) groups excluding carboxylic acids is 2. The van der Waals surface area contributed by atoms with E-state index in [2.05, 4.69) is 15.8 Å². The smallest absolute Gasteiger partial charge is 0.259 e. The van der Waals surface area contributed by atoms with E-state index in [4.69, 9.17) is 4.74 Å². The number of carbonyl (C=O) groups is 2. The number of rotatable bonds is 6. The molecule has 7 heteroatoms. The second kappa shape index (κ2) is 8.42. The first kappa shape index (κ1) is 17.1. The van der Waals surface area contributed by atoms with Crippen molar-refractivity contribution in [2.24, 2.45) is 5.10 Å². The molecule has 6 nitrogen and oxygen atoms in total. The second-order valence-electron chi connectivity index (χ2n) is 4.73. The van der Waals surface area contributed by atoms with Crippen LogP contribution in [0.1, 0.15) is 15.9 Å². The molecule has 0 aliphatic carbocycles. The van der Waals surface area contributed by atoms with E-state index in [1.807, 2.05) is 0 Å². The molecule has 2 rings (SSSR count). The molecule has 0 aliphatic rings. The van der Waals surface area contributed by atoms with Crippen molar-refractivity contribution < 1.29 is 18.7 Å². The lowest BCUT2D eigenvalue weighted by Gasteiger charge is -2.05. The van der Waals surface area contributed by atoms with Gasteiger partial charge in [0.2, 0.25) is 0 Å². The zero-order valence-corrected chi connectivity index (χ0v) is 13.0. The Morgan fingerprint density at radius 3 is 2.54 bits per heavy atom. The number of methoxy groups -OCH3 is 1. The van der Waals surface area contributed by atoms with Crippen LogP contribution in [0.15, 0.2) is 53.6 Å². The summed E-state index contributed by atoms with van der Waals surface area (Å²) in [6, 6.07) is 12.6. The van der Waals surface area contributed by atoms with Crippen LogP contribution in [0.25, 0.3) is 0 Å². The largest absolute Gasteiger partial charge is 0.497 e. The van der Waals surface area contributed by atoms with Crippen LogP contribution in [0, 0.1) is 5.82 Å². The van der Waals surface area contributed by atoms with Gasteiger partial charge in [-0.05, 0) is 42.0 Å². The quantitative estimate of drug-likeness (QED) is 0.625. The van der Waals surface area contributed by atoms with Gasteiger partial charge >= 0.3 is 0 Å². The molecule has 2 amide bonds. The predicted molar refractivity (Wildman–Crippen MR) is 87.5 cm³/mol. The maximum atomic E-state index is 13.4. The fourth-order valence-corrected chi connectivity index (χ4v) is 1.81. The van der Waals surface area contributed by atoms with Gasteiger partial charge in [0, 0.05) is 0 Å². The molecule has 0 heterocycles. The molecule has 0 unspecified atom stereocenters. The topological polar surface area (TPSA) is 79.8 Å². The number of hydrazone groups is 1. The molecule has 0 fully saturated rings. The normalized spacial score (nSPS) is 10.4. The van der Waals surface area contributed by atoms with Crippen molar-refractivity contribution in [3.05, 3.63) is 65.5 Å². The summed E-state index contributed by atoms with van der Waals surface area (Å²) in [6.07, 6.45) is 1.45. The standard InChI is InChI=1S/C17H16FN3O3/c1-24-13-8-6-12(7-9-13)10-20-21-16(22)11-19-17(23)14-4-2-3-5-15(14)18/h2-10H,11H2,1H3,(H,19,23)(H,21,22)/b20-10-. The number of benzene rings is 2. The van der Waals surface area contributed by atoms with Crippen LogP contribution in [0.5, 0.6) is 5.75 Å². The third kappa shape index (κ3) is 4.91. The van der Waals surface area contributed by atoms with Crippen LogP contribution < -0.4 is 15.5 Å². The summed E-state index contributed by atoms with van der Waals surface area (Å²) < 4.78 is 18.4. The number of ether oxygens (including phenoxy) is 1. The monoisotopic (exact) mass is 329 g/mol. The molecule has 0 aromatic heterocycles. The second-order valence-corrected chi connectivity index (χ2v) is 4.73. The molecule has 0 saturated heterocycles. The lowest BCUT2D eigenvalue weighted by molar-refractivity contribution is -0.120. The van der Waals surface area contributed by atoms with Gasteiger partial charge in [-0.3, -0.25) is 9.59 Å². The number of halogens is 1. The fourth-order valence-electron chi connectivity index (χ4n) is 1.81. The molecule has 2 N–H and O–H groups in total. The SMILES string of the molecule is COc1ccc(/C=N\NC(=O)CNC(=O)c2ccccc2F)cc1. The van der Waals surface area contributed by atoms with Crippen molar-refractivity contribution in [1.29, 1.82) is 0 Å². The summed E-state index contributed by atoms with van der Waals surface area (Å²) >= 11 is 0. The van der Waals surface area contributed by atoms with E-state index in [0.717, 1.165) is 5.56 Å². The van der Waals surface area contributed by atoms with Gasteiger partial charge in [0.15, 0.2) is 0 Å². The molecule has 124 valence electrons. The van der Waals surface area contributed by atoms with E-state index in [0.29, 0.717) is 5.75 Å². The molecule has 0 bridgehead atoms. The van der Waals surface area contributed by atoms with Gasteiger partial charge in [-0.15, -0.1) is 0 Å². The zero-order chi connectivity index (χ0) is 17.4. The van der Waals surface area contributed by atoms with Gasteiger partial charge in [-0.25, -0.2) is 9.82 Å². The highest BCUT2D eigenvalue weighted by Crippen LogP contribution is 2.09. The van der Waals surface area contributed by atoms with Crippen molar-refractivity contribution >= 4 is 18.0 Å². The van der Waals surface area contributed by atoms with Crippen LogP contribution in [-0.2, 0) is 4.79 Å². The third-order valence-electron chi connectivity index (χ3n) is 3.05. The molecule has 24 heavy (non-hydrogen) atoms. The van der Waals surface area contributed by atoms with E-state index >= 15 is 0 Å². The van der Waals surface area contributed by atoms with Crippen LogP contribution in [-0.4, -0.2) is 31.7 Å². The molecule has 0 saturated carbocycles. The minimum absolute atomic E-state index is 0.118. The number of hydrogen-bond donors (Lipinski definition) is 2. The average molecular weight is 329 g/mol. The predicted octanol–water partition coefficient (Wildman–Crippen LogP) is 1.71. The van der Waals surface area contributed by atoms with Gasteiger partial charge in [0.1, 0.15) is 11.6 Å². The van der Waals surface area contributed by atoms with Crippen LogP contribution in [0.3, 0.4) is 0 Å². The van der Waals surface area contributed by atoms with E-state index in [9.17, 15) is 14.0 Å². The first-order valence-corrected chi connectivity index (χ1v) is 7.09. The average Bonchev–Trinajstić information content (AvgIpc) is 2.60. The Morgan fingerprint density at radius 2 is 1.88 bits per heavy atom. The van der Waals surface area contributed by atoms with Gasteiger partial charge < -0.3 is 10.1 Å². The number of hydrogen-bond acceptors (Lipinski definition) is 4. The Balaban J connectivity index is 1.79. The van der Waals surface area contributed by atoms with Crippen molar-refractivity contribution in [2.45, 2.75) is 0 Å². The highest BCUT2D eigenvalue weighted by atomic mass is 19.1. The molecular formula is C17H16FN3O3. The number of nitrogens with one attached hydrogen (secondary N) is 2. The number of amides is 2. The maximum absolute atomic E-state index is 13.4. The Kier molecular flexibility index (Phi) is 6.01. The maximum Gasteiger partial charge on any atom is 0.259 e. The van der Waals surface area contributed by atoms with Crippen molar-refractivity contribution in [3.8, 4) is 5.75 Å². The Bertz CT molecular complexity index is 745. The Labute approximate surface area is 138 Å². The zero-order valence-electron chi connectivity index (χ0n) is 13.0. The highest BCUT2D eigenvalue weighted by Gasteiger charge is 2.11. The molecule has 0 atom stereocenters. The number of nitrogens with zero attached hydrogens (tertiary/aromatic N) is 1. The van der Waals surface area contributed by atoms with Crippen molar-refractivity contribution in [2.75, 3.05) is 13.7 Å². The minimum Gasteiger partial charge on any atom is -0.497 e. The summed E-state index contributed by atoms with van der Waals surface area (Å²) in [5, 5.41) is 6.10. The molecular weight excluding hydrogens is 313 g/mol. The van der Waals surface area contributed by atoms with Crippen LogP contribution in [0.2, 0.25) is 0 Å². The minimum atomic E-state index is -0.664. The summed E-state index contributed by atoms with van der Waals surface area (Å²) in [4.78, 5) is 23.3. The van der Waals surface area contributed by atoms with E-state index in [1.165, 1.54) is 30.5 Å². The highest BCUT2D eigenvalue weighted by molar-refractivity contribution is 5.96. The first-order chi connectivity index (χ1) is 11.6. The third-order valence-corrected chi connectivity index (χ3v) is 3.05. The van der Waals surface area contributed by atoms with E-state index in [1.54, 1.807) is 31.4 Å². The van der Waals surface area contributed by atoms with Crippen molar-refractivity contribution in [3.63, 3.8) is 0 Å². The molecule has 2 aromatic rings. The fraction of sp³-hybridized carbons (Fsp3) is 0.118. The molecule has 0 spiro atoms. The van der Waals surface area contributed by atoms with Gasteiger partial charge in [-0.1, -0.05) is 12.1 Å². The van der Waals surface area contributed by atoms with Crippen LogP contribution in [0.4, 0.5) is 4.39 Å². The summed E-state index contributed by atoms with van der Waals surface area (Å²) in [5.74, 6) is -1.12. The van der Waals surface area contributed by atoms with E-state index in [-0.39, 0.29) is 12.1 Å². The summed E-state index contributed by atoms with van der Waals surface area (Å²) in [5.41, 5.74) is 2.92. The van der Waals surface area contributed by atoms with Gasteiger partial charge in [0.05, 0.1) is 25.4 Å². The van der Waals surface area contributed by atoms with Crippen LogP contribution >= 0.6 is 0 Å². The molecule has 0 aliphatic heterocycles. The summed E-state index contributed by atoms with van der Waals surface area (Å²) in [6.45, 7) is -0.312. The Hall–Kier alpha value is -3.22.